The predicted octanol–water partition coefficient (Wildman–Crippen LogP) is 4.20. The van der Waals surface area contributed by atoms with Crippen molar-refractivity contribution in [3.8, 4) is 0 Å². The summed E-state index contributed by atoms with van der Waals surface area (Å²) in [7, 11) is 1.76. The van der Waals surface area contributed by atoms with Crippen LogP contribution < -0.4 is 5.32 Å². The third-order valence-corrected chi connectivity index (χ3v) is 6.05. The summed E-state index contributed by atoms with van der Waals surface area (Å²) in [5.74, 6) is 0.827. The van der Waals surface area contributed by atoms with E-state index in [-0.39, 0.29) is 5.41 Å². The molecule has 0 spiro atoms. The van der Waals surface area contributed by atoms with E-state index in [2.05, 4.69) is 15.2 Å². The Balaban J connectivity index is 1.65. The van der Waals surface area contributed by atoms with Crippen LogP contribution in [0.1, 0.15) is 50.2 Å². The van der Waals surface area contributed by atoms with E-state index in [1.165, 1.54) is 12.1 Å². The molecule has 0 bridgehead atoms. The van der Waals surface area contributed by atoms with Crippen LogP contribution in [-0.2, 0) is 16.3 Å². The predicted molar refractivity (Wildman–Crippen MR) is 105 cm³/mol. The number of likely N-dealkylation sites (tertiary alicyclic amines) is 1. The molecular formula is C21H30F3N3O. The molecule has 1 aliphatic carbocycles. The maximum Gasteiger partial charge on any atom is 0.416 e. The number of ether oxygens (including phenoxy) is 1. The number of benzene rings is 1. The minimum Gasteiger partial charge on any atom is -0.378 e. The molecule has 1 saturated carbocycles. The highest BCUT2D eigenvalue weighted by atomic mass is 19.4. The molecule has 2 fully saturated rings. The average Bonchev–Trinajstić information content (AvgIpc) is 2.65. The number of hydrogen-bond donors (Lipinski definition) is 1. The third kappa shape index (κ3) is 4.62. The number of halogens is 3. The van der Waals surface area contributed by atoms with E-state index in [0.717, 1.165) is 69.4 Å². The highest BCUT2D eigenvalue weighted by molar-refractivity contribution is 5.80. The molecule has 1 N–H and O–H groups in total. The van der Waals surface area contributed by atoms with Crippen LogP contribution in [0.15, 0.2) is 29.3 Å². The van der Waals surface area contributed by atoms with Gasteiger partial charge in [-0.15, -0.1) is 0 Å². The standard InChI is InChI=1S/C21H30F3N3O/c1-3-28-18-8-12-27(13-9-18)19(25-2)26-15-20(10-5-11-20)16-6-4-7-17(14-16)21(22,23)24/h4,6-7,14,18H,3,5,8-13,15H2,1-2H3,(H,25,26). The van der Waals surface area contributed by atoms with Gasteiger partial charge in [-0.3, -0.25) is 4.99 Å². The van der Waals surface area contributed by atoms with Gasteiger partial charge in [0, 0.05) is 38.7 Å². The van der Waals surface area contributed by atoms with Crippen LogP contribution in [0.4, 0.5) is 13.2 Å². The van der Waals surface area contributed by atoms with Gasteiger partial charge in [0.2, 0.25) is 0 Å². The number of hydrogen-bond acceptors (Lipinski definition) is 2. The molecule has 1 saturated heterocycles. The Hall–Kier alpha value is -1.76. The Morgan fingerprint density at radius 3 is 2.54 bits per heavy atom. The van der Waals surface area contributed by atoms with Crippen molar-refractivity contribution in [2.24, 2.45) is 4.99 Å². The van der Waals surface area contributed by atoms with Gasteiger partial charge in [0.15, 0.2) is 5.96 Å². The molecule has 0 amide bonds. The van der Waals surface area contributed by atoms with Crippen molar-refractivity contribution in [2.75, 3.05) is 33.3 Å². The van der Waals surface area contributed by atoms with Gasteiger partial charge in [0.25, 0.3) is 0 Å². The average molecular weight is 397 g/mol. The zero-order valence-electron chi connectivity index (χ0n) is 16.7. The van der Waals surface area contributed by atoms with Crippen LogP contribution in [0, 0.1) is 0 Å². The summed E-state index contributed by atoms with van der Waals surface area (Å²) >= 11 is 0. The maximum atomic E-state index is 13.1. The molecule has 1 aliphatic heterocycles. The van der Waals surface area contributed by atoms with Crippen molar-refractivity contribution < 1.29 is 17.9 Å². The molecule has 1 aromatic carbocycles. The second kappa shape index (κ2) is 8.72. The molecule has 0 aromatic heterocycles. The SMILES string of the molecule is CCOC1CCN(C(=NC)NCC2(c3cccc(C(F)(F)F)c3)CCC2)CC1. The Labute approximate surface area is 165 Å². The molecular weight excluding hydrogens is 367 g/mol. The minimum atomic E-state index is -4.31. The first-order chi connectivity index (χ1) is 13.4. The number of alkyl halides is 3. The molecule has 4 nitrogen and oxygen atoms in total. The first kappa shape index (κ1) is 21.0. The van der Waals surface area contributed by atoms with Gasteiger partial charge < -0.3 is 15.0 Å². The van der Waals surface area contributed by atoms with E-state index in [1.54, 1.807) is 7.05 Å². The second-order valence-electron chi connectivity index (χ2n) is 7.75. The molecule has 3 rings (SSSR count). The van der Waals surface area contributed by atoms with E-state index >= 15 is 0 Å². The van der Waals surface area contributed by atoms with Crippen molar-refractivity contribution in [3.63, 3.8) is 0 Å². The summed E-state index contributed by atoms with van der Waals surface area (Å²) in [6, 6.07) is 5.81. The molecule has 1 aromatic rings. The first-order valence-electron chi connectivity index (χ1n) is 10.1. The van der Waals surface area contributed by atoms with Crippen LogP contribution in [0.2, 0.25) is 0 Å². The Bertz CT molecular complexity index is 678. The Kier molecular flexibility index (Phi) is 6.53. The number of nitrogens with zero attached hydrogens (tertiary/aromatic N) is 2. The van der Waals surface area contributed by atoms with E-state index < -0.39 is 11.7 Å². The second-order valence-corrected chi connectivity index (χ2v) is 7.75. The zero-order valence-corrected chi connectivity index (χ0v) is 16.7. The first-order valence-corrected chi connectivity index (χ1v) is 10.1. The van der Waals surface area contributed by atoms with Crippen LogP contribution in [0.3, 0.4) is 0 Å². The van der Waals surface area contributed by atoms with E-state index in [0.29, 0.717) is 12.6 Å². The van der Waals surface area contributed by atoms with Gasteiger partial charge >= 0.3 is 6.18 Å². The highest BCUT2D eigenvalue weighted by Gasteiger charge is 2.40. The summed E-state index contributed by atoms with van der Waals surface area (Å²) in [5.41, 5.74) is -0.0499. The number of nitrogens with one attached hydrogen (secondary N) is 1. The van der Waals surface area contributed by atoms with Crippen LogP contribution >= 0.6 is 0 Å². The van der Waals surface area contributed by atoms with Gasteiger partial charge in [-0.05, 0) is 44.2 Å². The minimum absolute atomic E-state index is 0.249. The normalized spacial score (nSPS) is 20.8. The Morgan fingerprint density at radius 1 is 1.29 bits per heavy atom. The lowest BCUT2D eigenvalue weighted by Gasteiger charge is -2.44. The lowest BCUT2D eigenvalue weighted by molar-refractivity contribution is -0.137. The van der Waals surface area contributed by atoms with E-state index in [1.807, 2.05) is 13.0 Å². The number of aliphatic imine (C=N–C) groups is 1. The largest absolute Gasteiger partial charge is 0.416 e. The number of guanidine groups is 1. The molecule has 1 heterocycles. The van der Waals surface area contributed by atoms with Crippen molar-refractivity contribution in [2.45, 2.75) is 56.7 Å². The van der Waals surface area contributed by atoms with Gasteiger partial charge in [-0.1, -0.05) is 24.6 Å². The fourth-order valence-electron chi connectivity index (χ4n) is 4.25. The van der Waals surface area contributed by atoms with Crippen LogP contribution in [-0.4, -0.2) is 50.3 Å². The third-order valence-electron chi connectivity index (χ3n) is 6.05. The van der Waals surface area contributed by atoms with Gasteiger partial charge in [0.1, 0.15) is 0 Å². The van der Waals surface area contributed by atoms with Crippen molar-refractivity contribution in [1.82, 2.24) is 10.2 Å². The van der Waals surface area contributed by atoms with Crippen molar-refractivity contribution in [1.29, 1.82) is 0 Å². The van der Waals surface area contributed by atoms with Gasteiger partial charge in [-0.25, -0.2) is 0 Å². The lowest BCUT2D eigenvalue weighted by Crippen LogP contribution is -2.52. The Morgan fingerprint density at radius 2 is 2.00 bits per heavy atom. The molecule has 156 valence electrons. The quantitative estimate of drug-likeness (QED) is 0.598. The molecule has 2 aliphatic rings. The fourth-order valence-corrected chi connectivity index (χ4v) is 4.25. The number of rotatable bonds is 5. The summed E-state index contributed by atoms with van der Waals surface area (Å²) in [4.78, 5) is 6.62. The fraction of sp³-hybridized carbons (Fsp3) is 0.667. The van der Waals surface area contributed by atoms with Crippen LogP contribution in [0.5, 0.6) is 0 Å². The summed E-state index contributed by atoms with van der Waals surface area (Å²) in [5, 5.41) is 3.44. The lowest BCUT2D eigenvalue weighted by atomic mass is 9.64. The topological polar surface area (TPSA) is 36.9 Å². The number of piperidine rings is 1. The molecule has 0 atom stereocenters. The molecule has 0 radical (unpaired) electrons. The molecule has 28 heavy (non-hydrogen) atoms. The summed E-state index contributed by atoms with van der Waals surface area (Å²) < 4.78 is 45.1. The molecule has 0 unspecified atom stereocenters. The smallest absolute Gasteiger partial charge is 0.378 e. The molecule has 7 heteroatoms. The van der Waals surface area contributed by atoms with Crippen LogP contribution in [0.25, 0.3) is 0 Å². The van der Waals surface area contributed by atoms with E-state index in [4.69, 9.17) is 4.74 Å². The monoisotopic (exact) mass is 397 g/mol. The zero-order chi connectivity index (χ0) is 20.2. The summed E-state index contributed by atoms with van der Waals surface area (Å²) in [6.07, 6.45) is 0.754. The van der Waals surface area contributed by atoms with Gasteiger partial charge in [-0.2, -0.15) is 13.2 Å². The maximum absolute atomic E-state index is 13.1. The van der Waals surface area contributed by atoms with Gasteiger partial charge in [0.05, 0.1) is 11.7 Å². The highest BCUT2D eigenvalue weighted by Crippen LogP contribution is 2.44. The van der Waals surface area contributed by atoms with Crippen molar-refractivity contribution in [3.05, 3.63) is 35.4 Å². The van der Waals surface area contributed by atoms with E-state index in [9.17, 15) is 13.2 Å². The van der Waals surface area contributed by atoms with Crippen molar-refractivity contribution >= 4 is 5.96 Å². The summed E-state index contributed by atoms with van der Waals surface area (Å²) in [6.45, 7) is 5.10.